The lowest BCUT2D eigenvalue weighted by molar-refractivity contribution is -0.0499. The van der Waals surface area contributed by atoms with Gasteiger partial charge in [0, 0.05) is 16.7 Å². The summed E-state index contributed by atoms with van der Waals surface area (Å²) in [6.45, 7) is -3.05. The van der Waals surface area contributed by atoms with Crippen LogP contribution in [-0.2, 0) is 0 Å². The first-order valence-electron chi connectivity index (χ1n) is 5.27. The lowest BCUT2D eigenvalue weighted by atomic mass is 10.1. The average Bonchev–Trinajstić information content (AvgIpc) is 2.25. The molecule has 106 valence electrons. The van der Waals surface area contributed by atoms with E-state index in [-0.39, 0.29) is 26.9 Å². The van der Waals surface area contributed by atoms with E-state index in [1.807, 2.05) is 0 Å². The van der Waals surface area contributed by atoms with Gasteiger partial charge in [-0.1, -0.05) is 34.8 Å². The van der Waals surface area contributed by atoms with Gasteiger partial charge in [-0.05, 0) is 29.8 Å². The predicted molar refractivity (Wildman–Crippen MR) is 73.5 cm³/mol. The Kier molecular flexibility index (Phi) is 4.68. The largest absolute Gasteiger partial charge is 0.435 e. The van der Waals surface area contributed by atoms with Crippen molar-refractivity contribution in [3.05, 3.63) is 51.2 Å². The van der Waals surface area contributed by atoms with Gasteiger partial charge in [0.05, 0.1) is 10.0 Å². The van der Waals surface area contributed by atoms with Crippen LogP contribution in [0.1, 0.15) is 0 Å². The van der Waals surface area contributed by atoms with E-state index in [4.69, 9.17) is 34.8 Å². The van der Waals surface area contributed by atoms with Gasteiger partial charge in [0.2, 0.25) is 0 Å². The van der Waals surface area contributed by atoms with Gasteiger partial charge in [-0.25, -0.2) is 4.39 Å². The van der Waals surface area contributed by atoms with Crippen LogP contribution in [0.15, 0.2) is 30.3 Å². The van der Waals surface area contributed by atoms with Crippen LogP contribution in [0.25, 0.3) is 11.1 Å². The molecule has 0 atom stereocenters. The molecule has 2 rings (SSSR count). The Bertz CT molecular complexity index is 624. The molecule has 2 aromatic carbocycles. The third-order valence-electron chi connectivity index (χ3n) is 2.39. The zero-order valence-electron chi connectivity index (χ0n) is 9.64. The van der Waals surface area contributed by atoms with Gasteiger partial charge >= 0.3 is 6.61 Å². The third-order valence-corrected chi connectivity index (χ3v) is 3.21. The first kappa shape index (κ1) is 15.3. The maximum absolute atomic E-state index is 13.5. The minimum absolute atomic E-state index is 0.177. The van der Waals surface area contributed by atoms with E-state index < -0.39 is 12.4 Å². The summed E-state index contributed by atoms with van der Waals surface area (Å²) in [7, 11) is 0. The summed E-state index contributed by atoms with van der Waals surface area (Å²) >= 11 is 17.8. The Labute approximate surface area is 127 Å². The molecule has 0 saturated carbocycles. The summed E-state index contributed by atoms with van der Waals surface area (Å²) < 4.78 is 42.0. The molecule has 0 saturated heterocycles. The molecule has 0 radical (unpaired) electrons. The number of halogens is 6. The van der Waals surface area contributed by atoms with Crippen LogP contribution in [-0.4, -0.2) is 6.61 Å². The maximum atomic E-state index is 13.5. The highest BCUT2D eigenvalue weighted by atomic mass is 35.5. The van der Waals surface area contributed by atoms with E-state index in [9.17, 15) is 13.2 Å². The van der Waals surface area contributed by atoms with Gasteiger partial charge in [-0.15, -0.1) is 0 Å². The number of benzene rings is 2. The summed E-state index contributed by atoms with van der Waals surface area (Å²) in [5, 5.41) is 0.663. The number of hydrogen-bond donors (Lipinski definition) is 0. The van der Waals surface area contributed by atoms with Crippen LogP contribution < -0.4 is 4.74 Å². The molecular weight excluding hydrogens is 335 g/mol. The second kappa shape index (κ2) is 6.12. The topological polar surface area (TPSA) is 9.23 Å². The van der Waals surface area contributed by atoms with Gasteiger partial charge in [0.25, 0.3) is 0 Å². The fraction of sp³-hybridized carbons (Fsp3) is 0.0769. The van der Waals surface area contributed by atoms with Gasteiger partial charge in [0.1, 0.15) is 11.6 Å². The zero-order chi connectivity index (χ0) is 14.9. The molecule has 2 aromatic rings. The molecule has 0 amide bonds. The molecule has 20 heavy (non-hydrogen) atoms. The Morgan fingerprint density at radius 3 is 2.05 bits per heavy atom. The quantitative estimate of drug-likeness (QED) is 0.660. The second-order valence-corrected chi connectivity index (χ2v) is 5.05. The summed E-state index contributed by atoms with van der Waals surface area (Å²) in [6.07, 6.45) is 0. The van der Waals surface area contributed by atoms with Crippen molar-refractivity contribution in [2.45, 2.75) is 6.61 Å². The van der Waals surface area contributed by atoms with Crippen molar-refractivity contribution < 1.29 is 17.9 Å². The van der Waals surface area contributed by atoms with Crippen LogP contribution >= 0.6 is 34.8 Å². The molecule has 7 heteroatoms. The van der Waals surface area contributed by atoms with Crippen LogP contribution in [0, 0.1) is 5.82 Å². The SMILES string of the molecule is Fc1cc(OC(F)F)cc(-c2c(Cl)cc(Cl)cc2Cl)c1. The monoisotopic (exact) mass is 340 g/mol. The van der Waals surface area contributed by atoms with E-state index >= 15 is 0 Å². The van der Waals surface area contributed by atoms with Crippen molar-refractivity contribution >= 4 is 34.8 Å². The standard InChI is InChI=1S/C13H6Cl3F3O/c14-7-3-10(15)12(11(16)4-7)6-1-8(17)5-9(2-6)20-13(18)19/h1-5,13H. The molecule has 0 aliphatic rings. The highest BCUT2D eigenvalue weighted by Gasteiger charge is 2.14. The molecule has 0 aromatic heterocycles. The molecular formula is C13H6Cl3F3O. The summed E-state index contributed by atoms with van der Waals surface area (Å²) in [4.78, 5) is 0. The fourth-order valence-electron chi connectivity index (χ4n) is 1.70. The number of hydrogen-bond acceptors (Lipinski definition) is 1. The number of rotatable bonds is 3. The average molecular weight is 342 g/mol. The normalized spacial score (nSPS) is 10.9. The molecule has 0 fully saturated rings. The zero-order valence-corrected chi connectivity index (χ0v) is 11.9. The van der Waals surface area contributed by atoms with E-state index in [0.717, 1.165) is 12.1 Å². The molecule has 0 spiro atoms. The van der Waals surface area contributed by atoms with Crippen LogP contribution in [0.4, 0.5) is 13.2 Å². The van der Waals surface area contributed by atoms with Crippen molar-refractivity contribution in [1.29, 1.82) is 0 Å². The van der Waals surface area contributed by atoms with Gasteiger partial charge in [-0.3, -0.25) is 0 Å². The van der Waals surface area contributed by atoms with Crippen LogP contribution in [0.3, 0.4) is 0 Å². The van der Waals surface area contributed by atoms with Crippen LogP contribution in [0.5, 0.6) is 5.75 Å². The highest BCUT2D eigenvalue weighted by Crippen LogP contribution is 2.38. The minimum Gasteiger partial charge on any atom is -0.435 e. The second-order valence-electron chi connectivity index (χ2n) is 3.80. The lowest BCUT2D eigenvalue weighted by Gasteiger charge is -2.11. The van der Waals surface area contributed by atoms with E-state index in [1.165, 1.54) is 18.2 Å². The Hall–Kier alpha value is -1.10. The van der Waals surface area contributed by atoms with Crippen molar-refractivity contribution in [2.24, 2.45) is 0 Å². The third kappa shape index (κ3) is 3.51. The molecule has 1 nitrogen and oxygen atoms in total. The molecule has 0 aliphatic carbocycles. The Morgan fingerprint density at radius 1 is 0.900 bits per heavy atom. The minimum atomic E-state index is -3.05. The van der Waals surface area contributed by atoms with Crippen LogP contribution in [0.2, 0.25) is 15.1 Å². The van der Waals surface area contributed by atoms with E-state index in [1.54, 1.807) is 0 Å². The Balaban J connectivity index is 2.55. The van der Waals surface area contributed by atoms with Crippen molar-refractivity contribution in [3.63, 3.8) is 0 Å². The van der Waals surface area contributed by atoms with Gasteiger partial charge in [-0.2, -0.15) is 8.78 Å². The Morgan fingerprint density at radius 2 is 1.50 bits per heavy atom. The molecule has 0 N–H and O–H groups in total. The molecule has 0 bridgehead atoms. The smallest absolute Gasteiger partial charge is 0.387 e. The molecule has 0 heterocycles. The van der Waals surface area contributed by atoms with E-state index in [2.05, 4.69) is 4.74 Å². The summed E-state index contributed by atoms with van der Waals surface area (Å²) in [6, 6.07) is 6.01. The van der Waals surface area contributed by atoms with Gasteiger partial charge in [0.15, 0.2) is 0 Å². The molecule has 0 unspecified atom stereocenters. The van der Waals surface area contributed by atoms with Crippen molar-refractivity contribution in [3.8, 4) is 16.9 Å². The van der Waals surface area contributed by atoms with Gasteiger partial charge < -0.3 is 4.74 Å². The van der Waals surface area contributed by atoms with Crippen molar-refractivity contribution in [2.75, 3.05) is 0 Å². The van der Waals surface area contributed by atoms with E-state index in [0.29, 0.717) is 5.02 Å². The number of alkyl halides is 2. The van der Waals surface area contributed by atoms with Crippen molar-refractivity contribution in [1.82, 2.24) is 0 Å². The first-order valence-corrected chi connectivity index (χ1v) is 6.40. The highest BCUT2D eigenvalue weighted by molar-refractivity contribution is 6.41. The maximum Gasteiger partial charge on any atom is 0.387 e. The number of ether oxygens (including phenoxy) is 1. The lowest BCUT2D eigenvalue weighted by Crippen LogP contribution is -2.02. The first-order chi connectivity index (χ1) is 9.36. The molecule has 0 aliphatic heterocycles. The summed E-state index contributed by atoms with van der Waals surface area (Å²) in [5.41, 5.74) is 0.503. The summed E-state index contributed by atoms with van der Waals surface area (Å²) in [5.74, 6) is -1.07. The fourth-order valence-corrected chi connectivity index (χ4v) is 2.73. The predicted octanol–water partition coefficient (Wildman–Crippen LogP) is 6.05.